The van der Waals surface area contributed by atoms with Gasteiger partial charge in [-0.3, -0.25) is 4.68 Å². The number of nitrogens with zero attached hydrogens (tertiary/aromatic N) is 2. The molecule has 3 fully saturated rings. The first-order valence-electron chi connectivity index (χ1n) is 6.29. The van der Waals surface area contributed by atoms with E-state index in [0.29, 0.717) is 11.3 Å². The summed E-state index contributed by atoms with van der Waals surface area (Å²) in [4.78, 5) is 0. The van der Waals surface area contributed by atoms with Crippen molar-refractivity contribution in [1.82, 2.24) is 9.78 Å². The van der Waals surface area contributed by atoms with Crippen LogP contribution in [0.3, 0.4) is 0 Å². The quantitative estimate of drug-likeness (QED) is 0.788. The van der Waals surface area contributed by atoms with Gasteiger partial charge in [0.05, 0.1) is 17.6 Å². The van der Waals surface area contributed by atoms with E-state index in [0.717, 1.165) is 17.5 Å². The lowest BCUT2D eigenvalue weighted by atomic mass is 9.45. The second-order valence-electron chi connectivity index (χ2n) is 6.15. The molecule has 3 heteroatoms. The maximum absolute atomic E-state index is 6.06. The van der Waals surface area contributed by atoms with E-state index in [1.54, 1.807) is 6.20 Å². The number of anilines is 1. The van der Waals surface area contributed by atoms with Crippen molar-refractivity contribution in [2.45, 2.75) is 39.0 Å². The average molecular weight is 219 g/mol. The third-order valence-corrected chi connectivity index (χ3v) is 5.22. The molecule has 16 heavy (non-hydrogen) atoms. The number of hydrogen-bond acceptors (Lipinski definition) is 2. The maximum Gasteiger partial charge on any atom is 0.0735 e. The maximum atomic E-state index is 6.06. The Hall–Kier alpha value is -0.990. The summed E-state index contributed by atoms with van der Waals surface area (Å²) in [6.45, 7) is 4.84. The molecule has 1 aromatic heterocycles. The van der Waals surface area contributed by atoms with Gasteiger partial charge in [0.15, 0.2) is 0 Å². The fourth-order valence-electron chi connectivity index (χ4n) is 4.06. The molecule has 3 nitrogen and oxygen atoms in total. The van der Waals surface area contributed by atoms with Crippen molar-refractivity contribution in [2.75, 3.05) is 5.73 Å². The number of aromatic nitrogens is 2. The van der Waals surface area contributed by atoms with Gasteiger partial charge in [-0.2, -0.15) is 5.10 Å². The number of nitrogen functional groups attached to an aromatic ring is 1. The van der Waals surface area contributed by atoms with Crippen LogP contribution in [0.4, 0.5) is 5.69 Å². The SMILES string of the molecule is Cn1ncc(N)c1C1CCC2CC1C2(C)C. The molecule has 3 unspecified atom stereocenters. The highest BCUT2D eigenvalue weighted by Gasteiger charge is 2.55. The van der Waals surface area contributed by atoms with Gasteiger partial charge in [-0.25, -0.2) is 0 Å². The minimum absolute atomic E-state index is 0.514. The van der Waals surface area contributed by atoms with E-state index < -0.39 is 0 Å². The van der Waals surface area contributed by atoms with E-state index in [1.165, 1.54) is 25.0 Å². The lowest BCUT2D eigenvalue weighted by Gasteiger charge is -2.60. The smallest absolute Gasteiger partial charge is 0.0735 e. The summed E-state index contributed by atoms with van der Waals surface area (Å²) in [7, 11) is 2.02. The van der Waals surface area contributed by atoms with Crippen LogP contribution < -0.4 is 5.73 Å². The highest BCUT2D eigenvalue weighted by atomic mass is 15.3. The van der Waals surface area contributed by atoms with Gasteiger partial charge < -0.3 is 5.73 Å². The number of rotatable bonds is 1. The zero-order valence-electron chi connectivity index (χ0n) is 10.4. The molecule has 2 bridgehead atoms. The standard InChI is InChI=1S/C13H21N3/c1-13(2)8-4-5-9(10(13)6-8)12-11(14)7-15-16(12)3/h7-10H,4-6,14H2,1-3H3. The van der Waals surface area contributed by atoms with E-state index in [1.807, 2.05) is 11.7 Å². The number of nitrogens with two attached hydrogens (primary N) is 1. The zero-order valence-corrected chi connectivity index (χ0v) is 10.4. The van der Waals surface area contributed by atoms with Crippen LogP contribution in [0.2, 0.25) is 0 Å². The highest BCUT2D eigenvalue weighted by Crippen LogP contribution is 2.64. The lowest BCUT2D eigenvalue weighted by molar-refractivity contribution is -0.0819. The van der Waals surface area contributed by atoms with Crippen LogP contribution in [0.1, 0.15) is 44.7 Å². The topological polar surface area (TPSA) is 43.8 Å². The van der Waals surface area contributed by atoms with E-state index in [4.69, 9.17) is 5.73 Å². The first-order valence-corrected chi connectivity index (χ1v) is 6.29. The molecule has 4 rings (SSSR count). The average Bonchev–Trinajstić information content (AvgIpc) is 2.58. The van der Waals surface area contributed by atoms with Crippen LogP contribution in [-0.4, -0.2) is 9.78 Å². The largest absolute Gasteiger partial charge is 0.396 e. The van der Waals surface area contributed by atoms with Gasteiger partial charge in [0, 0.05) is 13.0 Å². The fraction of sp³-hybridized carbons (Fsp3) is 0.769. The van der Waals surface area contributed by atoms with Crippen molar-refractivity contribution in [1.29, 1.82) is 0 Å². The second kappa shape index (κ2) is 3.02. The summed E-state index contributed by atoms with van der Waals surface area (Å²) in [6.07, 6.45) is 5.84. The Kier molecular flexibility index (Phi) is 1.92. The van der Waals surface area contributed by atoms with Crippen LogP contribution in [0, 0.1) is 17.3 Å². The minimum Gasteiger partial charge on any atom is -0.396 e. The monoisotopic (exact) mass is 219 g/mol. The Morgan fingerprint density at radius 2 is 2.19 bits per heavy atom. The Bertz CT molecular complexity index is 397. The molecular formula is C13H21N3. The lowest BCUT2D eigenvalue weighted by Crippen LogP contribution is -2.51. The van der Waals surface area contributed by atoms with Crippen molar-refractivity contribution >= 4 is 5.69 Å². The van der Waals surface area contributed by atoms with Crippen LogP contribution >= 0.6 is 0 Å². The summed E-state index contributed by atoms with van der Waals surface area (Å²) in [5, 5.41) is 4.28. The number of aryl methyl sites for hydroxylation is 1. The van der Waals surface area contributed by atoms with Gasteiger partial charge in [-0.05, 0) is 36.5 Å². The van der Waals surface area contributed by atoms with Gasteiger partial charge >= 0.3 is 0 Å². The zero-order chi connectivity index (χ0) is 11.5. The van der Waals surface area contributed by atoms with Crippen molar-refractivity contribution in [3.05, 3.63) is 11.9 Å². The molecule has 88 valence electrons. The molecule has 0 aromatic carbocycles. The van der Waals surface area contributed by atoms with E-state index in [2.05, 4.69) is 18.9 Å². The van der Waals surface area contributed by atoms with Gasteiger partial charge in [-0.15, -0.1) is 0 Å². The van der Waals surface area contributed by atoms with Gasteiger partial charge in [-0.1, -0.05) is 13.8 Å². The molecule has 0 aliphatic heterocycles. The van der Waals surface area contributed by atoms with E-state index >= 15 is 0 Å². The number of fused-ring (bicyclic) bond motifs is 2. The van der Waals surface area contributed by atoms with E-state index in [-0.39, 0.29) is 0 Å². The van der Waals surface area contributed by atoms with Crippen LogP contribution in [0.25, 0.3) is 0 Å². The van der Waals surface area contributed by atoms with Crippen LogP contribution in [-0.2, 0) is 7.05 Å². The van der Waals surface area contributed by atoms with Crippen LogP contribution in [0.5, 0.6) is 0 Å². The third-order valence-electron chi connectivity index (χ3n) is 5.22. The molecule has 0 saturated heterocycles. The molecule has 3 atom stereocenters. The summed E-state index contributed by atoms with van der Waals surface area (Å²) in [5.74, 6) is 2.39. The molecule has 1 aromatic rings. The minimum atomic E-state index is 0.514. The Morgan fingerprint density at radius 1 is 1.44 bits per heavy atom. The molecule has 2 N–H and O–H groups in total. The Morgan fingerprint density at radius 3 is 2.69 bits per heavy atom. The van der Waals surface area contributed by atoms with Crippen molar-refractivity contribution < 1.29 is 0 Å². The molecule has 1 heterocycles. The summed E-state index contributed by atoms with van der Waals surface area (Å²) < 4.78 is 1.98. The molecule has 3 aliphatic carbocycles. The van der Waals surface area contributed by atoms with Crippen molar-refractivity contribution in [3.8, 4) is 0 Å². The van der Waals surface area contributed by atoms with Gasteiger partial charge in [0.1, 0.15) is 0 Å². The summed E-state index contributed by atoms with van der Waals surface area (Å²) in [6, 6.07) is 0. The number of hydrogen-bond donors (Lipinski definition) is 1. The summed E-state index contributed by atoms with van der Waals surface area (Å²) in [5.41, 5.74) is 8.73. The normalized spacial score (nSPS) is 35.8. The molecule has 0 radical (unpaired) electrons. The third kappa shape index (κ3) is 1.12. The van der Waals surface area contributed by atoms with Crippen molar-refractivity contribution in [3.63, 3.8) is 0 Å². The molecule has 3 saturated carbocycles. The molecule has 0 spiro atoms. The predicted molar refractivity (Wildman–Crippen MR) is 65.0 cm³/mol. The Labute approximate surface area is 97.0 Å². The summed E-state index contributed by atoms with van der Waals surface area (Å²) >= 11 is 0. The first kappa shape index (κ1) is 10.2. The van der Waals surface area contributed by atoms with Gasteiger partial charge in [0.25, 0.3) is 0 Å². The van der Waals surface area contributed by atoms with Crippen molar-refractivity contribution in [2.24, 2.45) is 24.3 Å². The Balaban J connectivity index is 1.97. The highest BCUT2D eigenvalue weighted by molar-refractivity contribution is 5.44. The molecule has 0 amide bonds. The fourth-order valence-corrected chi connectivity index (χ4v) is 4.06. The molecule has 3 aliphatic rings. The first-order chi connectivity index (χ1) is 7.51. The molecular weight excluding hydrogens is 198 g/mol. The van der Waals surface area contributed by atoms with Gasteiger partial charge in [0.2, 0.25) is 0 Å². The van der Waals surface area contributed by atoms with E-state index in [9.17, 15) is 0 Å². The second-order valence-corrected chi connectivity index (χ2v) is 6.15. The van der Waals surface area contributed by atoms with Crippen LogP contribution in [0.15, 0.2) is 6.20 Å². The predicted octanol–water partition coefficient (Wildman–Crippen LogP) is 2.54.